The molecule has 0 aliphatic carbocycles. The minimum atomic E-state index is 0.667. The van der Waals surface area contributed by atoms with Gasteiger partial charge in [-0.25, -0.2) is 4.98 Å². The smallest absolute Gasteiger partial charge is 0.0902 e. The van der Waals surface area contributed by atoms with Crippen molar-refractivity contribution < 1.29 is 0 Å². The molecule has 0 N–H and O–H groups in total. The van der Waals surface area contributed by atoms with E-state index in [2.05, 4.69) is 102 Å². The Labute approximate surface area is 201 Å². The first-order chi connectivity index (χ1) is 16.8. The monoisotopic (exact) mass is 454 g/mol. The Balaban J connectivity index is 1.72. The fourth-order valence-corrected chi connectivity index (χ4v) is 5.34. The van der Waals surface area contributed by atoms with Gasteiger partial charge in [0.25, 0.3) is 0 Å². The Bertz CT molecular complexity index is 1850. The van der Waals surface area contributed by atoms with Gasteiger partial charge in [-0.05, 0) is 41.8 Å². The number of para-hydroxylation sites is 3. The second-order valence-corrected chi connectivity index (χ2v) is 8.97. The Hall–Kier alpha value is -4.14. The van der Waals surface area contributed by atoms with Gasteiger partial charge in [-0.15, -0.1) is 0 Å². The van der Waals surface area contributed by atoms with E-state index in [1.807, 2.05) is 18.2 Å². The van der Waals surface area contributed by atoms with E-state index in [9.17, 15) is 0 Å². The molecule has 160 valence electrons. The molecule has 0 saturated carbocycles. The van der Waals surface area contributed by atoms with Crippen molar-refractivity contribution in [3.8, 4) is 16.9 Å². The number of nitrogens with zero attached hydrogens (tertiary/aromatic N) is 2. The Morgan fingerprint density at radius 1 is 0.529 bits per heavy atom. The molecule has 2 aromatic heterocycles. The van der Waals surface area contributed by atoms with Crippen LogP contribution in [0.1, 0.15) is 0 Å². The van der Waals surface area contributed by atoms with Gasteiger partial charge >= 0.3 is 0 Å². The summed E-state index contributed by atoms with van der Waals surface area (Å²) in [6.07, 6.45) is 0. The number of benzene rings is 5. The summed E-state index contributed by atoms with van der Waals surface area (Å²) in [5.41, 5.74) is 6.38. The highest BCUT2D eigenvalue weighted by Gasteiger charge is 2.17. The lowest BCUT2D eigenvalue weighted by Gasteiger charge is -2.13. The van der Waals surface area contributed by atoms with Gasteiger partial charge in [0.05, 0.1) is 27.3 Å². The van der Waals surface area contributed by atoms with Crippen LogP contribution in [0.3, 0.4) is 0 Å². The normalized spacial score (nSPS) is 11.7. The van der Waals surface area contributed by atoms with Crippen LogP contribution in [0.4, 0.5) is 0 Å². The number of fused-ring (bicyclic) bond motifs is 6. The SMILES string of the molecule is Clc1cccc2c1nc(-c1ccccc1)c1cc3c4ccccc4n(-c4ccccc4)c3cc12. The van der Waals surface area contributed by atoms with Crippen molar-refractivity contribution in [3.05, 3.63) is 120 Å². The van der Waals surface area contributed by atoms with Crippen molar-refractivity contribution in [1.82, 2.24) is 9.55 Å². The van der Waals surface area contributed by atoms with Crippen LogP contribution >= 0.6 is 11.6 Å². The summed E-state index contributed by atoms with van der Waals surface area (Å²) in [7, 11) is 0. The Morgan fingerprint density at radius 3 is 2.06 bits per heavy atom. The van der Waals surface area contributed by atoms with Gasteiger partial charge in [-0.3, -0.25) is 0 Å². The minimum absolute atomic E-state index is 0.667. The molecule has 0 spiro atoms. The maximum atomic E-state index is 6.66. The molecule has 0 amide bonds. The molecule has 2 nitrogen and oxygen atoms in total. The molecule has 0 aliphatic heterocycles. The summed E-state index contributed by atoms with van der Waals surface area (Å²) < 4.78 is 2.35. The second-order valence-electron chi connectivity index (χ2n) is 8.57. The zero-order chi connectivity index (χ0) is 22.6. The van der Waals surface area contributed by atoms with Gasteiger partial charge in [0.1, 0.15) is 0 Å². The number of rotatable bonds is 2. The van der Waals surface area contributed by atoms with Crippen molar-refractivity contribution in [3.63, 3.8) is 0 Å². The topological polar surface area (TPSA) is 17.8 Å². The second kappa shape index (κ2) is 7.44. The number of halogens is 1. The van der Waals surface area contributed by atoms with Gasteiger partial charge < -0.3 is 4.57 Å². The highest BCUT2D eigenvalue weighted by molar-refractivity contribution is 6.36. The molecule has 2 heterocycles. The predicted molar refractivity (Wildman–Crippen MR) is 144 cm³/mol. The fraction of sp³-hybridized carbons (Fsp3) is 0. The largest absolute Gasteiger partial charge is 0.309 e. The molecule has 0 radical (unpaired) electrons. The molecular formula is C31H19ClN2. The predicted octanol–water partition coefficient (Wildman–Crippen LogP) is 8.81. The van der Waals surface area contributed by atoms with Crippen LogP contribution in [0.15, 0.2) is 115 Å². The van der Waals surface area contributed by atoms with Gasteiger partial charge in [0, 0.05) is 32.8 Å². The van der Waals surface area contributed by atoms with Gasteiger partial charge in [-0.1, -0.05) is 90.5 Å². The summed E-state index contributed by atoms with van der Waals surface area (Å²) in [6, 6.07) is 40.2. The number of aromatic nitrogens is 2. The van der Waals surface area contributed by atoms with E-state index in [0.29, 0.717) is 5.02 Å². The molecule has 7 rings (SSSR count). The summed E-state index contributed by atoms with van der Waals surface area (Å²) in [5.74, 6) is 0. The Morgan fingerprint density at radius 2 is 1.24 bits per heavy atom. The maximum Gasteiger partial charge on any atom is 0.0902 e. The minimum Gasteiger partial charge on any atom is -0.309 e. The maximum absolute atomic E-state index is 6.66. The van der Waals surface area contributed by atoms with Crippen molar-refractivity contribution >= 4 is 55.1 Å². The van der Waals surface area contributed by atoms with Gasteiger partial charge in [0.2, 0.25) is 0 Å². The molecular weight excluding hydrogens is 436 g/mol. The zero-order valence-corrected chi connectivity index (χ0v) is 19.0. The van der Waals surface area contributed by atoms with Crippen LogP contribution in [0.2, 0.25) is 5.02 Å². The Kier molecular flexibility index (Phi) is 4.23. The molecule has 34 heavy (non-hydrogen) atoms. The molecule has 0 atom stereocenters. The number of hydrogen-bond donors (Lipinski definition) is 0. The molecule has 0 fully saturated rings. The third-order valence-electron chi connectivity index (χ3n) is 6.63. The molecule has 0 aliphatic rings. The van der Waals surface area contributed by atoms with E-state index >= 15 is 0 Å². The van der Waals surface area contributed by atoms with Crippen molar-refractivity contribution in [1.29, 1.82) is 0 Å². The molecule has 7 aromatic rings. The van der Waals surface area contributed by atoms with Crippen molar-refractivity contribution in [2.75, 3.05) is 0 Å². The van der Waals surface area contributed by atoms with Crippen molar-refractivity contribution in [2.24, 2.45) is 0 Å². The lowest BCUT2D eigenvalue weighted by atomic mass is 9.98. The van der Waals surface area contributed by atoms with E-state index in [-0.39, 0.29) is 0 Å². The van der Waals surface area contributed by atoms with Crippen molar-refractivity contribution in [2.45, 2.75) is 0 Å². The first-order valence-corrected chi connectivity index (χ1v) is 11.7. The summed E-state index contributed by atoms with van der Waals surface area (Å²) in [5, 5.41) is 6.46. The van der Waals surface area contributed by atoms with E-state index in [0.717, 1.165) is 38.6 Å². The fourth-order valence-electron chi connectivity index (χ4n) is 5.12. The van der Waals surface area contributed by atoms with Crippen LogP contribution in [0.25, 0.3) is 60.4 Å². The molecule has 0 unspecified atom stereocenters. The number of hydrogen-bond acceptors (Lipinski definition) is 1. The van der Waals surface area contributed by atoms with Crippen LogP contribution in [0, 0.1) is 0 Å². The molecule has 0 saturated heterocycles. The van der Waals surface area contributed by atoms with Gasteiger partial charge in [0.15, 0.2) is 0 Å². The summed E-state index contributed by atoms with van der Waals surface area (Å²) in [6.45, 7) is 0. The van der Waals surface area contributed by atoms with E-state index < -0.39 is 0 Å². The quantitative estimate of drug-likeness (QED) is 0.238. The van der Waals surface area contributed by atoms with E-state index in [4.69, 9.17) is 16.6 Å². The number of pyridine rings is 1. The lowest BCUT2D eigenvalue weighted by Crippen LogP contribution is -1.94. The van der Waals surface area contributed by atoms with Crippen LogP contribution in [0.5, 0.6) is 0 Å². The van der Waals surface area contributed by atoms with E-state index in [1.54, 1.807) is 0 Å². The highest BCUT2D eigenvalue weighted by atomic mass is 35.5. The molecule has 0 bridgehead atoms. The zero-order valence-electron chi connectivity index (χ0n) is 18.2. The third-order valence-corrected chi connectivity index (χ3v) is 6.93. The highest BCUT2D eigenvalue weighted by Crippen LogP contribution is 2.40. The average molecular weight is 455 g/mol. The lowest BCUT2D eigenvalue weighted by molar-refractivity contribution is 1.18. The third kappa shape index (κ3) is 2.79. The molecule has 5 aromatic carbocycles. The standard InChI is InChI=1S/C31H19ClN2/c32-27-16-9-15-23-24-19-29-25(18-26(24)30(33-31(23)27)20-10-3-1-4-11-20)22-14-7-8-17-28(22)34(29)21-12-5-2-6-13-21/h1-19H. The van der Waals surface area contributed by atoms with Gasteiger partial charge in [-0.2, -0.15) is 0 Å². The van der Waals surface area contributed by atoms with Crippen LogP contribution < -0.4 is 0 Å². The first kappa shape index (κ1) is 19.3. The molecule has 3 heteroatoms. The summed E-state index contributed by atoms with van der Waals surface area (Å²) in [4.78, 5) is 5.09. The first-order valence-electron chi connectivity index (χ1n) is 11.4. The summed E-state index contributed by atoms with van der Waals surface area (Å²) >= 11 is 6.66. The van der Waals surface area contributed by atoms with Crippen LogP contribution in [-0.2, 0) is 0 Å². The van der Waals surface area contributed by atoms with E-state index in [1.165, 1.54) is 21.8 Å². The average Bonchev–Trinajstić information content (AvgIpc) is 3.22. The van der Waals surface area contributed by atoms with Crippen LogP contribution in [-0.4, -0.2) is 9.55 Å².